The molecule has 2 atom stereocenters. The Balaban J connectivity index is 2.08. The fraction of sp³-hybridized carbons (Fsp3) is 0.429. The van der Waals surface area contributed by atoms with E-state index < -0.39 is 12.1 Å². The Hall–Kier alpha value is -0.594. The van der Waals surface area contributed by atoms with Crippen molar-refractivity contribution < 1.29 is 12.1 Å². The van der Waals surface area contributed by atoms with Crippen molar-refractivity contribution in [2.24, 2.45) is 11.5 Å². The van der Waals surface area contributed by atoms with Crippen LogP contribution in [0.3, 0.4) is 0 Å². The molecule has 0 aliphatic carbocycles. The summed E-state index contributed by atoms with van der Waals surface area (Å²) in [7, 11) is 12.6. The second-order valence-electron chi connectivity index (χ2n) is 7.11. The molecule has 0 saturated carbocycles. The quantitative estimate of drug-likeness (QED) is 0.580. The van der Waals surface area contributed by atoms with Crippen LogP contribution in [0, 0.1) is 27.7 Å². The summed E-state index contributed by atoms with van der Waals surface area (Å²) in [6.45, 7) is 9.72. The summed E-state index contributed by atoms with van der Waals surface area (Å²) in [6, 6.07) is 12.3. The molecule has 2 aromatic rings. The first-order chi connectivity index (χ1) is 12.7. The van der Waals surface area contributed by atoms with Gasteiger partial charge in [-0.15, -0.1) is 0 Å². The van der Waals surface area contributed by atoms with Crippen LogP contribution < -0.4 is 11.5 Å². The summed E-state index contributed by atoms with van der Waals surface area (Å²) < 4.78 is 2.06. The molecule has 2 rings (SSSR count). The Bertz CT molecular complexity index is 727. The molecule has 3 nitrogen and oxygen atoms in total. The van der Waals surface area contributed by atoms with Gasteiger partial charge in [-0.25, -0.2) is 0 Å². The van der Waals surface area contributed by atoms with E-state index in [-0.39, 0.29) is 12.1 Å². The summed E-state index contributed by atoms with van der Waals surface area (Å²) in [5, 5.41) is 0. The van der Waals surface area contributed by atoms with E-state index in [1.165, 1.54) is 33.4 Å². The predicted octanol–water partition coefficient (Wildman–Crippen LogP) is 5.15. The number of hydrogen-bond acceptors (Lipinski definition) is 3. The second kappa shape index (κ2) is 10.3. The number of aryl methyl sites for hydroxylation is 4. The molecule has 152 valence electrons. The monoisotopic (exact) mass is 453 g/mol. The molecule has 0 aromatic heterocycles. The Labute approximate surface area is 176 Å². The number of nitrogens with zero attached hydrogens (tertiary/aromatic N) is 1. The number of nitrogens with two attached hydrogens (primary N) is 2. The van der Waals surface area contributed by atoms with Crippen LogP contribution in [0.25, 0.3) is 0 Å². The molecule has 6 heteroatoms. The molecule has 0 spiro atoms. The number of halogens is 2. The molecular weight excluding hydrogens is 424 g/mol. The third kappa shape index (κ3) is 5.94. The van der Waals surface area contributed by atoms with Crippen molar-refractivity contribution in [1.29, 1.82) is 0 Å². The molecule has 0 fully saturated rings. The number of benzene rings is 2. The third-order valence-electron chi connectivity index (χ3n) is 5.04. The topological polar surface area (TPSA) is 55.3 Å². The molecule has 2 unspecified atom stereocenters. The molecule has 2 aromatic carbocycles. The summed E-state index contributed by atoms with van der Waals surface area (Å²) in [4.78, 5) is 0. The maximum atomic E-state index is 6.52. The molecule has 0 aliphatic heterocycles. The summed E-state index contributed by atoms with van der Waals surface area (Å²) in [5.41, 5.74) is 20.2. The molecule has 0 radical (unpaired) electrons. The summed E-state index contributed by atoms with van der Waals surface area (Å²) in [6.07, 6.45) is 0.781. The Kier molecular flexibility index (Phi) is 8.62. The van der Waals surface area contributed by atoms with Gasteiger partial charge in [-0.2, -0.15) is 0 Å². The summed E-state index contributed by atoms with van der Waals surface area (Å²) in [5.74, 6) is 0. The predicted molar refractivity (Wildman–Crippen MR) is 114 cm³/mol. The van der Waals surface area contributed by atoms with Gasteiger partial charge in [-0.1, -0.05) is 0 Å². The van der Waals surface area contributed by atoms with Gasteiger partial charge in [0.15, 0.2) is 0 Å². The van der Waals surface area contributed by atoms with Crippen molar-refractivity contribution in [2.75, 3.05) is 13.1 Å². The molecule has 0 heterocycles. The van der Waals surface area contributed by atoms with Crippen LogP contribution in [0.4, 0.5) is 0 Å². The SMILES string of the molecule is Cc1cccc(C)c1C(N)CC[N](CC(N)c1c(C)cccc1C)[Co]([Cl])[Cl]. The fourth-order valence-electron chi connectivity index (χ4n) is 3.73. The molecule has 0 bridgehead atoms. The van der Waals surface area contributed by atoms with Crippen LogP contribution >= 0.6 is 20.3 Å². The van der Waals surface area contributed by atoms with Gasteiger partial charge in [-0.3, -0.25) is 0 Å². The first kappa shape index (κ1) is 22.7. The Morgan fingerprint density at radius 1 is 0.815 bits per heavy atom. The number of rotatable bonds is 8. The van der Waals surface area contributed by atoms with Crippen LogP contribution in [0.2, 0.25) is 0 Å². The standard InChI is InChI=1S/C21H30N3.2ClH.Co/c1-14-7-5-8-15(2)20(14)18(22)11-12-24-13-19(23)21-16(3)9-6-10-17(21)4;;;/h5-10,18-19H,11-13,22-23H2,1-4H3;2*1H;/q-1;;;+3/p-2. The minimum atomic E-state index is -1.26. The third-order valence-corrected chi connectivity index (χ3v) is 7.28. The molecule has 0 aliphatic rings. The zero-order valence-corrected chi connectivity index (χ0v) is 19.0. The van der Waals surface area contributed by atoms with Gasteiger partial charge in [0, 0.05) is 0 Å². The first-order valence-corrected chi connectivity index (χ1v) is 12.4. The van der Waals surface area contributed by atoms with Crippen molar-refractivity contribution in [3.63, 3.8) is 0 Å². The minimum absolute atomic E-state index is 0.0481. The van der Waals surface area contributed by atoms with E-state index >= 15 is 0 Å². The average molecular weight is 454 g/mol. The second-order valence-corrected chi connectivity index (χ2v) is 10.8. The van der Waals surface area contributed by atoms with Gasteiger partial charge in [-0.05, 0) is 0 Å². The van der Waals surface area contributed by atoms with E-state index in [0.29, 0.717) is 13.1 Å². The molecule has 0 saturated heterocycles. The molecular formula is C21H30Cl2CoN3. The van der Waals surface area contributed by atoms with Crippen LogP contribution in [-0.4, -0.2) is 17.0 Å². The molecule has 27 heavy (non-hydrogen) atoms. The van der Waals surface area contributed by atoms with E-state index in [9.17, 15) is 0 Å². The van der Waals surface area contributed by atoms with Crippen molar-refractivity contribution in [2.45, 2.75) is 46.2 Å². The maximum absolute atomic E-state index is 6.52. The van der Waals surface area contributed by atoms with Gasteiger partial charge in [0.2, 0.25) is 0 Å². The fourth-order valence-corrected chi connectivity index (χ4v) is 5.23. The van der Waals surface area contributed by atoms with Crippen LogP contribution in [0.1, 0.15) is 51.9 Å². The Morgan fingerprint density at radius 2 is 1.22 bits per heavy atom. The van der Waals surface area contributed by atoms with Gasteiger partial charge < -0.3 is 0 Å². The number of hydrogen-bond donors (Lipinski definition) is 2. The van der Waals surface area contributed by atoms with E-state index in [4.69, 9.17) is 31.8 Å². The van der Waals surface area contributed by atoms with E-state index in [1.54, 1.807) is 0 Å². The van der Waals surface area contributed by atoms with Gasteiger partial charge >= 0.3 is 177 Å². The van der Waals surface area contributed by atoms with E-state index in [2.05, 4.69) is 68.0 Å². The van der Waals surface area contributed by atoms with Crippen LogP contribution in [-0.2, 0) is 12.1 Å². The molecule has 4 N–H and O–H groups in total. The molecule has 0 amide bonds. The van der Waals surface area contributed by atoms with E-state index in [0.717, 1.165) is 6.42 Å². The van der Waals surface area contributed by atoms with Crippen LogP contribution in [0.15, 0.2) is 36.4 Å². The van der Waals surface area contributed by atoms with Crippen LogP contribution in [0.5, 0.6) is 0 Å². The van der Waals surface area contributed by atoms with Crippen molar-refractivity contribution >= 4 is 20.3 Å². The van der Waals surface area contributed by atoms with Gasteiger partial charge in [0.25, 0.3) is 0 Å². The van der Waals surface area contributed by atoms with Gasteiger partial charge in [0.05, 0.1) is 0 Å². The average Bonchev–Trinajstić information content (AvgIpc) is 2.58. The zero-order chi connectivity index (χ0) is 20.1. The van der Waals surface area contributed by atoms with Crippen molar-refractivity contribution in [1.82, 2.24) is 3.95 Å². The first-order valence-electron chi connectivity index (χ1n) is 9.08. The van der Waals surface area contributed by atoms with Gasteiger partial charge in [0.1, 0.15) is 0 Å². The van der Waals surface area contributed by atoms with Crippen molar-refractivity contribution in [3.8, 4) is 0 Å². The zero-order valence-electron chi connectivity index (χ0n) is 16.4. The van der Waals surface area contributed by atoms with Crippen molar-refractivity contribution in [3.05, 3.63) is 69.8 Å². The normalized spacial score (nSPS) is 14.3. The van der Waals surface area contributed by atoms with E-state index in [1.807, 2.05) is 0 Å². The Morgan fingerprint density at radius 3 is 1.63 bits per heavy atom. The summed E-state index contributed by atoms with van der Waals surface area (Å²) >= 11 is -1.26.